The Morgan fingerprint density at radius 3 is 2.56 bits per heavy atom. The predicted molar refractivity (Wildman–Crippen MR) is 148 cm³/mol. The zero-order chi connectivity index (χ0) is 27.4. The molecule has 0 saturated carbocycles. The van der Waals surface area contributed by atoms with Gasteiger partial charge in [-0.1, -0.05) is 6.07 Å². The van der Waals surface area contributed by atoms with Crippen LogP contribution >= 0.6 is 0 Å². The Labute approximate surface area is 223 Å². The highest BCUT2D eigenvalue weighted by Crippen LogP contribution is 2.44. The topological polar surface area (TPSA) is 110 Å². The Balaban J connectivity index is 1.58. The van der Waals surface area contributed by atoms with E-state index in [-0.39, 0.29) is 17.6 Å². The highest BCUT2D eigenvalue weighted by molar-refractivity contribution is 6.08. The number of imidazole rings is 1. The van der Waals surface area contributed by atoms with E-state index in [9.17, 15) is 0 Å². The van der Waals surface area contributed by atoms with Crippen LogP contribution in [0.1, 0.15) is 17.1 Å². The van der Waals surface area contributed by atoms with Crippen molar-refractivity contribution in [2.45, 2.75) is 13.8 Å². The Bertz CT molecular complexity index is 1980. The first-order valence-corrected chi connectivity index (χ1v) is 12.1. The molecule has 192 valence electrons. The van der Waals surface area contributed by atoms with Gasteiger partial charge in [0.25, 0.3) is 0 Å². The van der Waals surface area contributed by atoms with Gasteiger partial charge in [0.2, 0.25) is 0 Å². The molecular formula is C29H23FN8O. The molecule has 0 aliphatic heterocycles. The molecule has 0 aliphatic rings. The number of ether oxygens (including phenoxy) is 1. The van der Waals surface area contributed by atoms with Crippen molar-refractivity contribution in [1.82, 2.24) is 34.1 Å². The summed E-state index contributed by atoms with van der Waals surface area (Å²) in [6.45, 7) is 3.81. The van der Waals surface area contributed by atoms with Crippen molar-refractivity contribution in [3.63, 3.8) is 0 Å². The van der Waals surface area contributed by atoms with Gasteiger partial charge < -0.3 is 19.6 Å². The summed E-state index contributed by atoms with van der Waals surface area (Å²) in [6.07, 6.45) is 8.63. The first kappa shape index (κ1) is 24.1. The van der Waals surface area contributed by atoms with Crippen molar-refractivity contribution in [1.29, 1.82) is 0 Å². The molecule has 39 heavy (non-hydrogen) atoms. The number of nitrogens with zero attached hydrogens (tertiary/aromatic N) is 7. The van der Waals surface area contributed by atoms with Gasteiger partial charge in [0.15, 0.2) is 17.4 Å². The van der Waals surface area contributed by atoms with Crippen LogP contribution in [0.3, 0.4) is 0 Å². The van der Waals surface area contributed by atoms with E-state index in [4.69, 9.17) is 16.9 Å². The summed E-state index contributed by atoms with van der Waals surface area (Å²) >= 11 is 0. The van der Waals surface area contributed by atoms with Gasteiger partial charge in [0, 0.05) is 37.1 Å². The number of hydrogen-bond donors (Lipinski definition) is 1. The van der Waals surface area contributed by atoms with Gasteiger partial charge in [0.05, 0.1) is 22.1 Å². The molecule has 4 heterocycles. The van der Waals surface area contributed by atoms with Crippen molar-refractivity contribution < 1.29 is 9.13 Å². The summed E-state index contributed by atoms with van der Waals surface area (Å²) in [6, 6.07) is 10.5. The number of nitrogens with two attached hydrogens (primary N) is 1. The Morgan fingerprint density at radius 1 is 1.00 bits per heavy atom. The molecule has 6 rings (SSSR count). The predicted octanol–water partition coefficient (Wildman–Crippen LogP) is 5.09. The van der Waals surface area contributed by atoms with E-state index in [0.717, 1.165) is 27.9 Å². The number of aryl methyl sites for hydroxylation is 4. The van der Waals surface area contributed by atoms with Crippen LogP contribution in [-0.2, 0) is 14.1 Å². The summed E-state index contributed by atoms with van der Waals surface area (Å²) < 4.78 is 24.9. The molecule has 10 heteroatoms. The van der Waals surface area contributed by atoms with Gasteiger partial charge >= 0.3 is 6.01 Å². The van der Waals surface area contributed by atoms with Crippen molar-refractivity contribution in [3.8, 4) is 46.5 Å². The fourth-order valence-corrected chi connectivity index (χ4v) is 4.91. The number of nitrogen functional groups attached to an aromatic ring is 1. The Hall–Kier alpha value is -5.30. The molecule has 0 fully saturated rings. The molecule has 0 bridgehead atoms. The zero-order valence-electron chi connectivity index (χ0n) is 21.7. The maximum Gasteiger partial charge on any atom is 0.322 e. The summed E-state index contributed by atoms with van der Waals surface area (Å²) in [5.74, 6) is 2.87. The van der Waals surface area contributed by atoms with Crippen LogP contribution in [0.4, 0.5) is 10.2 Å². The average Bonchev–Trinajstić information content (AvgIpc) is 3.39. The molecule has 0 amide bonds. The van der Waals surface area contributed by atoms with E-state index in [1.807, 2.05) is 42.3 Å². The molecule has 0 saturated heterocycles. The first-order chi connectivity index (χ1) is 18.8. The van der Waals surface area contributed by atoms with Gasteiger partial charge in [0.1, 0.15) is 17.8 Å². The molecule has 0 aliphatic carbocycles. The lowest BCUT2D eigenvalue weighted by Gasteiger charge is -2.13. The molecule has 0 atom stereocenters. The first-order valence-electron chi connectivity index (χ1n) is 12.1. The van der Waals surface area contributed by atoms with Crippen LogP contribution in [0, 0.1) is 32.0 Å². The largest absolute Gasteiger partial charge is 0.421 e. The zero-order valence-corrected chi connectivity index (χ0v) is 21.7. The molecular weight excluding hydrogens is 495 g/mol. The van der Waals surface area contributed by atoms with Crippen LogP contribution < -0.4 is 10.5 Å². The number of terminal acetylenes is 1. The summed E-state index contributed by atoms with van der Waals surface area (Å²) in [5, 5.41) is 0.620. The molecule has 6 aromatic rings. The molecule has 0 spiro atoms. The second-order valence-electron chi connectivity index (χ2n) is 9.26. The van der Waals surface area contributed by atoms with Crippen LogP contribution in [0.5, 0.6) is 11.8 Å². The minimum atomic E-state index is -0.577. The van der Waals surface area contributed by atoms with Gasteiger partial charge in [-0.2, -0.15) is 0 Å². The van der Waals surface area contributed by atoms with E-state index in [2.05, 4.69) is 30.8 Å². The van der Waals surface area contributed by atoms with Crippen LogP contribution in [0.25, 0.3) is 44.5 Å². The van der Waals surface area contributed by atoms with Crippen LogP contribution in [0.15, 0.2) is 48.9 Å². The van der Waals surface area contributed by atoms with E-state index in [0.29, 0.717) is 33.7 Å². The van der Waals surface area contributed by atoms with E-state index in [1.165, 1.54) is 12.4 Å². The normalized spacial score (nSPS) is 11.3. The standard InChI is InChI=1S/C29H23FN8O/c1-6-23-36-20-13-18(15(2)11-21(20)37(23)4)26-24(25-27(31)33-14-34-28(25)38(26)5)17-7-8-22(19(30)12-17)39-29-32-10-9-16(3)35-29/h1,7-14H,2-5H3,(H2,31,33,34). The van der Waals surface area contributed by atoms with E-state index < -0.39 is 5.82 Å². The maximum atomic E-state index is 15.5. The lowest BCUT2D eigenvalue weighted by molar-refractivity contribution is 0.410. The smallest absolute Gasteiger partial charge is 0.322 e. The van der Waals surface area contributed by atoms with Gasteiger partial charge in [-0.05, 0) is 61.2 Å². The molecule has 2 N–H and O–H groups in total. The van der Waals surface area contributed by atoms with Gasteiger partial charge in [-0.15, -0.1) is 6.42 Å². The van der Waals surface area contributed by atoms with Gasteiger partial charge in [-0.3, -0.25) is 0 Å². The minimum Gasteiger partial charge on any atom is -0.421 e. The highest BCUT2D eigenvalue weighted by Gasteiger charge is 2.24. The van der Waals surface area contributed by atoms with Crippen molar-refractivity contribution in [2.24, 2.45) is 14.1 Å². The van der Waals surface area contributed by atoms with Crippen LogP contribution in [0.2, 0.25) is 0 Å². The van der Waals surface area contributed by atoms with Crippen molar-refractivity contribution in [3.05, 3.63) is 71.8 Å². The number of aromatic nitrogens is 7. The fourth-order valence-electron chi connectivity index (χ4n) is 4.91. The fraction of sp³-hybridized carbons (Fsp3) is 0.138. The van der Waals surface area contributed by atoms with Crippen molar-refractivity contribution in [2.75, 3.05) is 5.73 Å². The third-order valence-corrected chi connectivity index (χ3v) is 6.80. The summed E-state index contributed by atoms with van der Waals surface area (Å²) in [4.78, 5) is 21.6. The van der Waals surface area contributed by atoms with Crippen molar-refractivity contribution >= 4 is 27.9 Å². The molecule has 9 nitrogen and oxygen atoms in total. The number of hydrogen-bond acceptors (Lipinski definition) is 7. The highest BCUT2D eigenvalue weighted by atomic mass is 19.1. The Kier molecular flexibility index (Phi) is 5.50. The van der Waals surface area contributed by atoms with Crippen LogP contribution in [-0.4, -0.2) is 34.1 Å². The average molecular weight is 519 g/mol. The molecule has 0 unspecified atom stereocenters. The Morgan fingerprint density at radius 2 is 1.82 bits per heavy atom. The number of fused-ring (bicyclic) bond motifs is 2. The molecule has 2 aromatic carbocycles. The third-order valence-electron chi connectivity index (χ3n) is 6.80. The third kappa shape index (κ3) is 3.83. The number of benzene rings is 2. The second kappa shape index (κ2) is 8.92. The number of rotatable bonds is 4. The number of halogens is 1. The lowest BCUT2D eigenvalue weighted by Crippen LogP contribution is -1.97. The molecule has 0 radical (unpaired) electrons. The number of anilines is 1. The monoisotopic (exact) mass is 518 g/mol. The second-order valence-corrected chi connectivity index (χ2v) is 9.26. The summed E-state index contributed by atoms with van der Waals surface area (Å²) in [7, 11) is 3.78. The van der Waals surface area contributed by atoms with Gasteiger partial charge in [-0.25, -0.2) is 29.3 Å². The SMILES string of the molecule is C#Cc1nc2cc(-c3c(-c4ccc(Oc5nccc(C)n5)c(F)c4)c4c(N)ncnc4n3C)c(C)cc2n1C. The minimum absolute atomic E-state index is 0.00302. The lowest BCUT2D eigenvalue weighted by atomic mass is 9.95. The summed E-state index contributed by atoms with van der Waals surface area (Å²) in [5.41, 5.74) is 13.3. The maximum absolute atomic E-state index is 15.5. The van der Waals surface area contributed by atoms with E-state index in [1.54, 1.807) is 31.3 Å². The molecule has 4 aromatic heterocycles. The quantitative estimate of drug-likeness (QED) is 0.324. The van der Waals surface area contributed by atoms with E-state index >= 15 is 4.39 Å².